The number of nitrogens with one attached hydrogen (secondary N) is 1. The molecule has 0 aromatic carbocycles. The minimum absolute atomic E-state index is 0.0855. The van der Waals surface area contributed by atoms with Crippen molar-refractivity contribution in [3.05, 3.63) is 24.0 Å². The highest BCUT2D eigenvalue weighted by Gasteiger charge is 2.60. The van der Waals surface area contributed by atoms with E-state index < -0.39 is 0 Å². The molecule has 1 aromatic rings. The first kappa shape index (κ1) is 18.4. The minimum Gasteiger partial charge on any atom is -0.367 e. The Bertz CT molecular complexity index is 668. The van der Waals surface area contributed by atoms with Gasteiger partial charge in [-0.05, 0) is 44.7 Å². The van der Waals surface area contributed by atoms with Crippen molar-refractivity contribution in [2.45, 2.75) is 79.1 Å². The smallest absolute Gasteiger partial charge is 0.155 e. The molecule has 0 spiro atoms. The van der Waals surface area contributed by atoms with Crippen LogP contribution in [0.5, 0.6) is 0 Å². The van der Waals surface area contributed by atoms with Crippen molar-refractivity contribution in [1.82, 2.24) is 9.88 Å². The van der Waals surface area contributed by atoms with E-state index in [1.165, 1.54) is 0 Å². The molecule has 1 aromatic heterocycles. The van der Waals surface area contributed by atoms with E-state index in [2.05, 4.69) is 50.9 Å². The number of nitrogens with zero attached hydrogens (tertiary/aromatic N) is 2. The van der Waals surface area contributed by atoms with Crippen LogP contribution in [0.2, 0.25) is 0 Å². The monoisotopic (exact) mass is 343 g/mol. The van der Waals surface area contributed by atoms with Gasteiger partial charge in [-0.25, -0.2) is 0 Å². The molecule has 0 aliphatic carbocycles. The van der Waals surface area contributed by atoms with Crippen LogP contribution in [0.25, 0.3) is 0 Å². The Morgan fingerprint density at radius 2 is 1.84 bits per heavy atom. The number of likely N-dealkylation sites (tertiary alicyclic amines) is 1. The number of anilines is 1. The Hall–Kier alpha value is -1.42. The third kappa shape index (κ3) is 2.88. The molecule has 0 saturated carbocycles. The third-order valence-corrected chi connectivity index (χ3v) is 5.73. The lowest BCUT2D eigenvalue weighted by Crippen LogP contribution is -2.56. The number of ketones is 1. The maximum absolute atomic E-state index is 13.5. The first-order chi connectivity index (χ1) is 11.4. The second kappa shape index (κ2) is 5.80. The number of Topliss-reactive ketones (excluding diaryl/α,β-unsaturated/α-hetero) is 1. The molecule has 0 radical (unpaired) electrons. The highest BCUT2D eigenvalue weighted by Crippen LogP contribution is 2.54. The van der Waals surface area contributed by atoms with E-state index in [1.54, 1.807) is 0 Å². The Morgan fingerprint density at radius 1 is 1.20 bits per heavy atom. The average Bonchev–Trinajstić information content (AvgIpc) is 2.97. The summed E-state index contributed by atoms with van der Waals surface area (Å²) in [5.41, 5.74) is 1.80. The van der Waals surface area contributed by atoms with E-state index in [1.807, 2.05) is 33.0 Å². The van der Waals surface area contributed by atoms with E-state index in [4.69, 9.17) is 4.98 Å². The Kier molecular flexibility index (Phi) is 4.26. The average molecular weight is 344 g/mol. The van der Waals surface area contributed by atoms with Gasteiger partial charge >= 0.3 is 0 Å². The number of rotatable bonds is 2. The van der Waals surface area contributed by atoms with Gasteiger partial charge < -0.3 is 5.32 Å². The molecular weight excluding hydrogens is 310 g/mol. The van der Waals surface area contributed by atoms with Gasteiger partial charge in [0.25, 0.3) is 0 Å². The van der Waals surface area contributed by atoms with E-state index in [-0.39, 0.29) is 35.0 Å². The fourth-order valence-electron chi connectivity index (χ4n) is 4.75. The summed E-state index contributed by atoms with van der Waals surface area (Å²) in [5, 5.41) is 3.69. The van der Waals surface area contributed by atoms with E-state index in [0.29, 0.717) is 11.7 Å². The normalized spacial score (nSPS) is 29.5. The Labute approximate surface area is 152 Å². The van der Waals surface area contributed by atoms with Gasteiger partial charge in [0.1, 0.15) is 0 Å². The molecule has 1 saturated heterocycles. The van der Waals surface area contributed by atoms with Crippen LogP contribution in [0.3, 0.4) is 0 Å². The summed E-state index contributed by atoms with van der Waals surface area (Å²) >= 11 is 0. The van der Waals surface area contributed by atoms with Gasteiger partial charge in [-0.1, -0.05) is 34.6 Å². The topological polar surface area (TPSA) is 45.2 Å². The van der Waals surface area contributed by atoms with Crippen molar-refractivity contribution < 1.29 is 4.79 Å². The molecule has 2 aliphatic rings. The molecular formula is C21H33N3O. The third-order valence-electron chi connectivity index (χ3n) is 5.73. The van der Waals surface area contributed by atoms with Crippen LogP contribution in [0.4, 0.5) is 5.69 Å². The molecule has 3 heterocycles. The minimum atomic E-state index is -0.354. The molecule has 1 N–H and O–H groups in total. The molecule has 25 heavy (non-hydrogen) atoms. The standard InChI is InChI=1S/C21H33N3O/c1-12(2)14-15-16-13(10-9-11-22-16)23-19(15)24(21(6,7)8)17(14)18(25)20(3,4)5/h9-12,14-15,17,19,23H,1-8H3. The van der Waals surface area contributed by atoms with Gasteiger partial charge in [-0.2, -0.15) is 0 Å². The first-order valence-corrected chi connectivity index (χ1v) is 9.49. The molecule has 4 heteroatoms. The van der Waals surface area contributed by atoms with Crippen LogP contribution >= 0.6 is 0 Å². The fourth-order valence-corrected chi connectivity index (χ4v) is 4.75. The molecule has 138 valence electrons. The largest absolute Gasteiger partial charge is 0.367 e. The predicted molar refractivity (Wildman–Crippen MR) is 103 cm³/mol. The van der Waals surface area contributed by atoms with Gasteiger partial charge in [-0.3, -0.25) is 14.7 Å². The first-order valence-electron chi connectivity index (χ1n) is 9.49. The molecule has 3 rings (SSSR count). The van der Waals surface area contributed by atoms with Crippen LogP contribution < -0.4 is 5.32 Å². The summed E-state index contributed by atoms with van der Waals surface area (Å²) in [7, 11) is 0. The zero-order valence-corrected chi connectivity index (χ0v) is 16.9. The van der Waals surface area contributed by atoms with Crippen LogP contribution in [-0.4, -0.2) is 33.4 Å². The highest BCUT2D eigenvalue weighted by molar-refractivity contribution is 5.90. The molecule has 4 nitrogen and oxygen atoms in total. The van der Waals surface area contributed by atoms with Gasteiger partial charge in [0, 0.05) is 23.1 Å². The summed E-state index contributed by atoms with van der Waals surface area (Å²) in [6, 6.07) is 4.01. The van der Waals surface area contributed by atoms with Crippen LogP contribution in [0, 0.1) is 17.3 Å². The van der Waals surface area contributed by atoms with E-state index in [9.17, 15) is 4.79 Å². The summed E-state index contributed by atoms with van der Waals surface area (Å²) in [5.74, 6) is 1.27. The maximum Gasteiger partial charge on any atom is 0.155 e. The van der Waals surface area contributed by atoms with Gasteiger partial charge in [0.05, 0.1) is 23.6 Å². The highest BCUT2D eigenvalue weighted by atomic mass is 16.1. The van der Waals surface area contributed by atoms with Crippen molar-refractivity contribution in [2.75, 3.05) is 5.32 Å². The van der Waals surface area contributed by atoms with Crippen molar-refractivity contribution in [1.29, 1.82) is 0 Å². The number of fused-ring (bicyclic) bond motifs is 3. The Morgan fingerprint density at radius 3 is 2.36 bits per heavy atom. The number of carbonyl (C=O) groups excluding carboxylic acids is 1. The SMILES string of the molecule is CC(C)C1C2c3ncccc3NC2N(C(C)(C)C)C1C(=O)C(C)(C)C. The van der Waals surface area contributed by atoms with Crippen molar-refractivity contribution >= 4 is 11.5 Å². The van der Waals surface area contributed by atoms with Crippen molar-refractivity contribution in [3.63, 3.8) is 0 Å². The second-order valence-corrected chi connectivity index (χ2v) is 10.0. The lowest BCUT2D eigenvalue weighted by molar-refractivity contribution is -0.135. The number of carbonyl (C=O) groups is 1. The lowest BCUT2D eigenvalue weighted by atomic mass is 9.73. The summed E-state index contributed by atoms with van der Waals surface area (Å²) in [4.78, 5) is 20.6. The maximum atomic E-state index is 13.5. The number of hydrogen-bond acceptors (Lipinski definition) is 4. The lowest BCUT2D eigenvalue weighted by Gasteiger charge is -2.43. The summed E-state index contributed by atoms with van der Waals surface area (Å²) in [6.07, 6.45) is 2.01. The van der Waals surface area contributed by atoms with Crippen LogP contribution in [0.15, 0.2) is 18.3 Å². The zero-order chi connectivity index (χ0) is 18.7. The quantitative estimate of drug-likeness (QED) is 0.870. The molecule has 4 atom stereocenters. The predicted octanol–water partition coefficient (Wildman–Crippen LogP) is 4.29. The molecule has 1 fully saturated rings. The van der Waals surface area contributed by atoms with Gasteiger partial charge in [0.15, 0.2) is 5.78 Å². The van der Waals surface area contributed by atoms with Crippen LogP contribution in [-0.2, 0) is 4.79 Å². The van der Waals surface area contributed by atoms with Crippen LogP contribution in [0.1, 0.15) is 67.0 Å². The number of pyridine rings is 1. The van der Waals surface area contributed by atoms with Gasteiger partial charge in [0.2, 0.25) is 0 Å². The molecule has 0 amide bonds. The van der Waals surface area contributed by atoms with E-state index in [0.717, 1.165) is 11.4 Å². The fraction of sp³-hybridized carbons (Fsp3) is 0.714. The van der Waals surface area contributed by atoms with Crippen molar-refractivity contribution in [2.24, 2.45) is 17.3 Å². The molecule has 4 unspecified atom stereocenters. The van der Waals surface area contributed by atoms with Gasteiger partial charge in [-0.15, -0.1) is 0 Å². The number of aromatic nitrogens is 1. The van der Waals surface area contributed by atoms with Crippen molar-refractivity contribution in [3.8, 4) is 0 Å². The second-order valence-electron chi connectivity index (χ2n) is 10.0. The summed E-state index contributed by atoms with van der Waals surface area (Å²) in [6.45, 7) is 17.3. The zero-order valence-electron chi connectivity index (χ0n) is 16.9. The molecule has 2 aliphatic heterocycles. The Balaban J connectivity index is 2.16. The van der Waals surface area contributed by atoms with E-state index >= 15 is 0 Å². The number of hydrogen-bond donors (Lipinski definition) is 1. The summed E-state index contributed by atoms with van der Waals surface area (Å²) < 4.78 is 0. The molecule has 0 bridgehead atoms.